The molecule has 27 heavy (non-hydrogen) atoms. The van der Waals surface area contributed by atoms with Gasteiger partial charge in [0.15, 0.2) is 0 Å². The zero-order valence-electron chi connectivity index (χ0n) is 14.7. The van der Waals surface area contributed by atoms with E-state index in [1.54, 1.807) is 10.9 Å². The van der Waals surface area contributed by atoms with Crippen molar-refractivity contribution in [3.05, 3.63) is 84.0 Å². The Morgan fingerprint density at radius 1 is 1.07 bits per heavy atom. The van der Waals surface area contributed by atoms with Crippen LogP contribution in [0, 0.1) is 6.92 Å². The third-order valence-corrected chi connectivity index (χ3v) is 4.16. The first-order valence-corrected chi connectivity index (χ1v) is 8.48. The lowest BCUT2D eigenvalue weighted by Crippen LogP contribution is -2.23. The molecule has 0 aliphatic heterocycles. The van der Waals surface area contributed by atoms with Crippen LogP contribution in [-0.2, 0) is 6.54 Å². The van der Waals surface area contributed by atoms with E-state index in [4.69, 9.17) is 4.52 Å². The maximum absolute atomic E-state index is 12.5. The van der Waals surface area contributed by atoms with Crippen LogP contribution in [0.2, 0.25) is 0 Å². The number of rotatable bonds is 5. The van der Waals surface area contributed by atoms with Crippen molar-refractivity contribution in [1.29, 1.82) is 0 Å². The van der Waals surface area contributed by atoms with Crippen LogP contribution < -0.4 is 5.32 Å². The Morgan fingerprint density at radius 2 is 1.78 bits per heavy atom. The summed E-state index contributed by atoms with van der Waals surface area (Å²) >= 11 is 0. The second-order valence-corrected chi connectivity index (χ2v) is 5.95. The Kier molecular flexibility index (Phi) is 4.49. The molecule has 0 aliphatic rings. The van der Waals surface area contributed by atoms with E-state index in [-0.39, 0.29) is 12.5 Å². The van der Waals surface area contributed by atoms with Crippen molar-refractivity contribution in [2.24, 2.45) is 0 Å². The van der Waals surface area contributed by atoms with Crippen molar-refractivity contribution in [2.75, 3.05) is 0 Å². The number of benzene rings is 2. The number of hydrogen-bond acceptors (Lipinski definition) is 5. The third-order valence-electron chi connectivity index (χ3n) is 4.16. The maximum Gasteiger partial charge on any atom is 0.255 e. The van der Waals surface area contributed by atoms with Crippen LogP contribution in [0.25, 0.3) is 17.1 Å². The van der Waals surface area contributed by atoms with Crippen LogP contribution in [0.1, 0.15) is 21.9 Å². The molecule has 4 rings (SSSR count). The third kappa shape index (κ3) is 3.48. The van der Waals surface area contributed by atoms with Crippen LogP contribution in [0.15, 0.2) is 71.4 Å². The number of nitrogens with one attached hydrogen (secondary N) is 1. The summed E-state index contributed by atoms with van der Waals surface area (Å²) in [7, 11) is 0. The monoisotopic (exact) mass is 359 g/mol. The molecule has 0 radical (unpaired) electrons. The highest BCUT2D eigenvalue weighted by Crippen LogP contribution is 2.16. The Balaban J connectivity index is 1.45. The molecule has 7 heteroatoms. The molecule has 0 aliphatic carbocycles. The smallest absolute Gasteiger partial charge is 0.255 e. The summed E-state index contributed by atoms with van der Waals surface area (Å²) in [5, 5.41) is 11.1. The van der Waals surface area contributed by atoms with E-state index in [2.05, 4.69) is 20.6 Å². The molecule has 0 saturated heterocycles. The highest BCUT2D eigenvalue weighted by atomic mass is 16.5. The average molecular weight is 359 g/mol. The van der Waals surface area contributed by atoms with Crippen molar-refractivity contribution in [2.45, 2.75) is 13.5 Å². The SMILES string of the molecule is Cc1c(C(=O)NCc2nc(-c3ccccc3)no2)cnn1-c1ccccc1. The molecular formula is C20H17N5O2. The molecule has 0 atom stereocenters. The molecule has 2 heterocycles. The molecule has 4 aromatic rings. The number of nitrogens with zero attached hydrogens (tertiary/aromatic N) is 4. The minimum absolute atomic E-state index is 0.147. The van der Waals surface area contributed by atoms with Gasteiger partial charge in [-0.1, -0.05) is 53.7 Å². The molecule has 0 unspecified atom stereocenters. The quantitative estimate of drug-likeness (QED) is 0.591. The number of amides is 1. The highest BCUT2D eigenvalue weighted by Gasteiger charge is 2.16. The van der Waals surface area contributed by atoms with Crippen molar-refractivity contribution < 1.29 is 9.32 Å². The van der Waals surface area contributed by atoms with Crippen LogP contribution in [-0.4, -0.2) is 25.8 Å². The molecular weight excluding hydrogens is 342 g/mol. The average Bonchev–Trinajstić information content (AvgIpc) is 3.34. The molecule has 1 N–H and O–H groups in total. The van der Waals surface area contributed by atoms with E-state index in [0.29, 0.717) is 17.3 Å². The highest BCUT2D eigenvalue weighted by molar-refractivity contribution is 5.95. The summed E-state index contributed by atoms with van der Waals surface area (Å²) in [5.41, 5.74) is 3.02. The van der Waals surface area contributed by atoms with E-state index in [1.165, 1.54) is 0 Å². The molecule has 134 valence electrons. The Morgan fingerprint density at radius 3 is 2.52 bits per heavy atom. The number of aromatic nitrogens is 4. The van der Waals surface area contributed by atoms with Gasteiger partial charge in [-0.15, -0.1) is 0 Å². The van der Waals surface area contributed by atoms with Gasteiger partial charge in [0.1, 0.15) is 0 Å². The largest absolute Gasteiger partial charge is 0.343 e. The summed E-state index contributed by atoms with van der Waals surface area (Å²) in [6, 6.07) is 19.2. The molecule has 0 spiro atoms. The predicted octanol–water partition coefficient (Wildman–Crippen LogP) is 3.16. The predicted molar refractivity (Wildman–Crippen MR) is 99.2 cm³/mol. The first kappa shape index (κ1) is 16.7. The van der Waals surface area contributed by atoms with Crippen molar-refractivity contribution in [3.63, 3.8) is 0 Å². The van der Waals surface area contributed by atoms with Gasteiger partial charge in [-0.2, -0.15) is 10.1 Å². The number of para-hydroxylation sites is 1. The summed E-state index contributed by atoms with van der Waals surface area (Å²) < 4.78 is 6.94. The van der Waals surface area contributed by atoms with Crippen LogP contribution >= 0.6 is 0 Å². The van der Waals surface area contributed by atoms with Gasteiger partial charge in [-0.05, 0) is 19.1 Å². The molecule has 0 fully saturated rings. The summed E-state index contributed by atoms with van der Waals surface area (Å²) in [4.78, 5) is 16.8. The van der Waals surface area contributed by atoms with E-state index < -0.39 is 0 Å². The first-order valence-electron chi connectivity index (χ1n) is 8.48. The van der Waals surface area contributed by atoms with Gasteiger partial charge >= 0.3 is 0 Å². The van der Waals surface area contributed by atoms with Gasteiger partial charge in [0.05, 0.1) is 29.7 Å². The first-order chi connectivity index (χ1) is 13.2. The molecule has 2 aromatic heterocycles. The van der Waals surface area contributed by atoms with Gasteiger partial charge in [-0.25, -0.2) is 4.68 Å². The van der Waals surface area contributed by atoms with Crippen molar-refractivity contribution >= 4 is 5.91 Å². The minimum atomic E-state index is -0.242. The van der Waals surface area contributed by atoms with E-state index in [1.807, 2.05) is 67.6 Å². The molecule has 7 nitrogen and oxygen atoms in total. The van der Waals surface area contributed by atoms with Gasteiger partial charge in [0.25, 0.3) is 5.91 Å². The summed E-state index contributed by atoms with van der Waals surface area (Å²) in [6.45, 7) is 2.00. The van der Waals surface area contributed by atoms with Crippen LogP contribution in [0.5, 0.6) is 0 Å². The lowest BCUT2D eigenvalue weighted by Gasteiger charge is -2.05. The van der Waals surface area contributed by atoms with Gasteiger partial charge < -0.3 is 9.84 Å². The second-order valence-electron chi connectivity index (χ2n) is 5.95. The van der Waals surface area contributed by atoms with E-state index >= 15 is 0 Å². The van der Waals surface area contributed by atoms with Crippen molar-refractivity contribution in [1.82, 2.24) is 25.2 Å². The topological polar surface area (TPSA) is 85.8 Å². The molecule has 1 amide bonds. The number of carbonyl (C=O) groups excluding carboxylic acids is 1. The van der Waals surface area contributed by atoms with Gasteiger partial charge in [-0.3, -0.25) is 4.79 Å². The summed E-state index contributed by atoms with van der Waals surface area (Å²) in [5.74, 6) is 0.595. The van der Waals surface area contributed by atoms with Gasteiger partial charge in [0.2, 0.25) is 11.7 Å². The number of carbonyl (C=O) groups is 1. The number of hydrogen-bond donors (Lipinski definition) is 1. The fraction of sp³-hybridized carbons (Fsp3) is 0.100. The molecule has 0 bridgehead atoms. The lowest BCUT2D eigenvalue weighted by molar-refractivity contribution is 0.0945. The van der Waals surface area contributed by atoms with Crippen LogP contribution in [0.3, 0.4) is 0 Å². The zero-order valence-corrected chi connectivity index (χ0v) is 14.7. The van der Waals surface area contributed by atoms with E-state index in [9.17, 15) is 4.79 Å². The van der Waals surface area contributed by atoms with Gasteiger partial charge in [0, 0.05) is 5.56 Å². The minimum Gasteiger partial charge on any atom is -0.343 e. The Bertz CT molecular complexity index is 1050. The van der Waals surface area contributed by atoms with E-state index in [0.717, 1.165) is 16.9 Å². The lowest BCUT2D eigenvalue weighted by atomic mass is 10.2. The summed E-state index contributed by atoms with van der Waals surface area (Å²) in [6.07, 6.45) is 1.56. The maximum atomic E-state index is 12.5. The fourth-order valence-electron chi connectivity index (χ4n) is 2.74. The normalized spacial score (nSPS) is 10.7. The van der Waals surface area contributed by atoms with Crippen LogP contribution in [0.4, 0.5) is 0 Å². The zero-order chi connectivity index (χ0) is 18.6. The molecule has 2 aromatic carbocycles. The molecule has 0 saturated carbocycles. The fourth-order valence-corrected chi connectivity index (χ4v) is 2.74. The Hall–Kier alpha value is -3.74. The standard InChI is InChI=1S/C20H17N5O2/c1-14-17(12-22-25(14)16-10-6-3-7-11-16)20(26)21-13-18-23-19(24-27-18)15-8-4-2-5-9-15/h2-12H,13H2,1H3,(H,21,26). The Labute approximate surface area is 155 Å². The van der Waals surface area contributed by atoms with Crippen molar-refractivity contribution in [3.8, 4) is 17.1 Å². The second kappa shape index (κ2) is 7.25.